The molecule has 0 radical (unpaired) electrons. The van der Waals surface area contributed by atoms with Gasteiger partial charge >= 0.3 is 5.97 Å². The van der Waals surface area contributed by atoms with Gasteiger partial charge in [-0.3, -0.25) is 14.2 Å². The number of carbonyl (C=O) groups excluding carboxylic acids is 3. The highest BCUT2D eigenvalue weighted by atomic mass is 16.5. The first-order valence-corrected chi connectivity index (χ1v) is 10.3. The molecule has 12 heteroatoms. The lowest BCUT2D eigenvalue weighted by atomic mass is 10.1. The van der Waals surface area contributed by atoms with Gasteiger partial charge in [0.15, 0.2) is 12.4 Å². The highest BCUT2D eigenvalue weighted by molar-refractivity contribution is 6.03. The minimum absolute atomic E-state index is 0.115. The fraction of sp³-hybridized carbons (Fsp3) is 0.227. The van der Waals surface area contributed by atoms with Crippen molar-refractivity contribution in [3.63, 3.8) is 0 Å². The number of amides is 1. The maximum Gasteiger partial charge on any atom is 0.340 e. The predicted octanol–water partition coefficient (Wildman–Crippen LogP) is 2.06. The number of benzene rings is 1. The number of hydrogen-bond acceptors (Lipinski definition) is 9. The minimum Gasteiger partial charge on any atom is -0.454 e. The van der Waals surface area contributed by atoms with Crippen LogP contribution in [0.2, 0.25) is 0 Å². The SMILES string of the molecule is Cc1cc(-n2c(C)cc(C(=O)COC(=O)c3ccccc3NC(=O)Cn3cnnn3)c2C)no1. The normalized spacial score (nSPS) is 10.8. The number of rotatable bonds is 8. The van der Waals surface area contributed by atoms with Crippen molar-refractivity contribution < 1.29 is 23.6 Å². The van der Waals surface area contributed by atoms with Gasteiger partial charge in [-0.05, 0) is 49.4 Å². The van der Waals surface area contributed by atoms with Gasteiger partial charge in [-0.15, -0.1) is 5.10 Å². The lowest BCUT2D eigenvalue weighted by Crippen LogP contribution is -2.21. The number of ketones is 1. The van der Waals surface area contributed by atoms with Gasteiger partial charge in [-0.2, -0.15) is 0 Å². The van der Waals surface area contributed by atoms with Crippen LogP contribution in [0.4, 0.5) is 5.69 Å². The molecule has 0 atom stereocenters. The van der Waals surface area contributed by atoms with E-state index >= 15 is 0 Å². The maximum atomic E-state index is 12.8. The zero-order valence-electron chi connectivity index (χ0n) is 18.7. The molecule has 3 aromatic heterocycles. The number of nitrogens with one attached hydrogen (secondary N) is 1. The fourth-order valence-corrected chi connectivity index (χ4v) is 3.50. The Balaban J connectivity index is 1.43. The molecule has 4 rings (SSSR count). The van der Waals surface area contributed by atoms with Crippen LogP contribution in [0.1, 0.15) is 37.9 Å². The molecule has 0 spiro atoms. The van der Waals surface area contributed by atoms with Crippen molar-refractivity contribution in [2.45, 2.75) is 27.3 Å². The Morgan fingerprint density at radius 1 is 1.09 bits per heavy atom. The summed E-state index contributed by atoms with van der Waals surface area (Å²) in [5, 5.41) is 17.2. The summed E-state index contributed by atoms with van der Waals surface area (Å²) in [6, 6.07) is 9.82. The first-order valence-electron chi connectivity index (χ1n) is 10.3. The molecule has 174 valence electrons. The number of aryl methyl sites for hydroxylation is 2. The first kappa shape index (κ1) is 22.6. The Labute approximate surface area is 193 Å². The Morgan fingerprint density at radius 3 is 2.59 bits per heavy atom. The number of carbonyl (C=O) groups is 3. The topological polar surface area (TPSA) is 147 Å². The molecule has 1 amide bonds. The summed E-state index contributed by atoms with van der Waals surface area (Å²) >= 11 is 0. The van der Waals surface area contributed by atoms with Crippen molar-refractivity contribution in [3.05, 3.63) is 71.0 Å². The van der Waals surface area contributed by atoms with Gasteiger partial charge in [0.1, 0.15) is 18.6 Å². The summed E-state index contributed by atoms with van der Waals surface area (Å²) < 4.78 is 13.4. The molecule has 3 heterocycles. The molecule has 1 aromatic carbocycles. The van der Waals surface area contributed by atoms with Crippen molar-refractivity contribution in [2.24, 2.45) is 0 Å². The number of nitrogens with zero attached hydrogens (tertiary/aromatic N) is 6. The highest BCUT2D eigenvalue weighted by Crippen LogP contribution is 2.22. The van der Waals surface area contributed by atoms with Crippen LogP contribution in [0, 0.1) is 20.8 Å². The number of ether oxygens (including phenoxy) is 1. The number of hydrogen-bond donors (Lipinski definition) is 1. The molecule has 0 saturated carbocycles. The minimum atomic E-state index is -0.743. The first-order chi connectivity index (χ1) is 16.3. The standard InChI is InChI=1S/C22H21N7O5/c1-13-8-17(15(3)29(13)20-9-14(2)34-25-20)19(30)11-33-22(32)16-6-4-5-7-18(16)24-21(31)10-28-12-23-26-27-28/h4-9,12H,10-11H2,1-3H3,(H,24,31). The Kier molecular flexibility index (Phi) is 6.30. The van der Waals surface area contributed by atoms with E-state index in [-0.39, 0.29) is 23.6 Å². The predicted molar refractivity (Wildman–Crippen MR) is 118 cm³/mol. The molecule has 12 nitrogen and oxygen atoms in total. The summed E-state index contributed by atoms with van der Waals surface area (Å²) in [7, 11) is 0. The molecule has 0 aliphatic carbocycles. The third kappa shape index (κ3) is 4.75. The van der Waals surface area contributed by atoms with Gasteiger partial charge in [0.25, 0.3) is 0 Å². The van der Waals surface area contributed by atoms with Crippen LogP contribution in [0.15, 0.2) is 47.2 Å². The second-order valence-corrected chi connectivity index (χ2v) is 7.52. The average molecular weight is 463 g/mol. The number of para-hydroxylation sites is 1. The lowest BCUT2D eigenvalue weighted by molar-refractivity contribution is -0.116. The van der Waals surface area contributed by atoms with Gasteiger partial charge in [0.2, 0.25) is 11.7 Å². The van der Waals surface area contributed by atoms with Crippen LogP contribution in [0.3, 0.4) is 0 Å². The Bertz CT molecular complexity index is 1350. The molecule has 0 aliphatic heterocycles. The molecular weight excluding hydrogens is 442 g/mol. The van der Waals surface area contributed by atoms with Crippen LogP contribution >= 0.6 is 0 Å². The zero-order valence-corrected chi connectivity index (χ0v) is 18.7. The monoisotopic (exact) mass is 463 g/mol. The Morgan fingerprint density at radius 2 is 1.88 bits per heavy atom. The fourth-order valence-electron chi connectivity index (χ4n) is 3.50. The van der Waals surface area contributed by atoms with E-state index in [0.717, 1.165) is 5.69 Å². The summed E-state index contributed by atoms with van der Waals surface area (Å²) in [5.74, 6) is -0.331. The number of Topliss-reactive ketones (excluding diaryl/α,β-unsaturated/α-hetero) is 1. The van der Waals surface area contributed by atoms with E-state index in [4.69, 9.17) is 9.26 Å². The van der Waals surface area contributed by atoms with Gasteiger partial charge in [-0.25, -0.2) is 9.48 Å². The van der Waals surface area contributed by atoms with Crippen molar-refractivity contribution >= 4 is 23.3 Å². The second kappa shape index (κ2) is 9.48. The van der Waals surface area contributed by atoms with Crippen LogP contribution in [0.25, 0.3) is 5.82 Å². The van der Waals surface area contributed by atoms with E-state index < -0.39 is 18.5 Å². The van der Waals surface area contributed by atoms with E-state index in [0.29, 0.717) is 22.8 Å². The van der Waals surface area contributed by atoms with Crippen LogP contribution in [-0.2, 0) is 16.1 Å². The van der Waals surface area contributed by atoms with E-state index in [1.165, 1.54) is 17.1 Å². The van der Waals surface area contributed by atoms with Crippen LogP contribution < -0.4 is 5.32 Å². The number of tetrazole rings is 1. The summed E-state index contributed by atoms with van der Waals surface area (Å²) in [6.45, 7) is 4.81. The highest BCUT2D eigenvalue weighted by Gasteiger charge is 2.21. The molecule has 0 saturated heterocycles. The number of anilines is 1. The van der Waals surface area contributed by atoms with Crippen LogP contribution in [-0.4, -0.2) is 54.2 Å². The van der Waals surface area contributed by atoms with Crippen molar-refractivity contribution in [3.8, 4) is 5.82 Å². The van der Waals surface area contributed by atoms with E-state index in [9.17, 15) is 14.4 Å². The average Bonchev–Trinajstić information content (AvgIpc) is 3.53. The molecule has 0 unspecified atom stereocenters. The van der Waals surface area contributed by atoms with Gasteiger partial charge in [-0.1, -0.05) is 17.3 Å². The summed E-state index contributed by atoms with van der Waals surface area (Å²) in [6.07, 6.45) is 1.30. The maximum absolute atomic E-state index is 12.8. The third-order valence-electron chi connectivity index (χ3n) is 5.03. The Hall–Kier alpha value is -4.61. The van der Waals surface area contributed by atoms with Gasteiger partial charge in [0, 0.05) is 23.0 Å². The van der Waals surface area contributed by atoms with E-state index in [1.807, 2.05) is 6.92 Å². The van der Waals surface area contributed by atoms with Crippen LogP contribution in [0.5, 0.6) is 0 Å². The zero-order chi connectivity index (χ0) is 24.2. The third-order valence-corrected chi connectivity index (χ3v) is 5.03. The molecule has 4 aromatic rings. The van der Waals surface area contributed by atoms with Crippen molar-refractivity contribution in [1.82, 2.24) is 29.9 Å². The van der Waals surface area contributed by atoms with E-state index in [1.54, 1.807) is 48.7 Å². The van der Waals surface area contributed by atoms with E-state index in [2.05, 4.69) is 26.0 Å². The van der Waals surface area contributed by atoms with Gasteiger partial charge < -0.3 is 14.6 Å². The second-order valence-electron chi connectivity index (χ2n) is 7.52. The molecule has 0 bridgehead atoms. The molecule has 1 N–H and O–H groups in total. The quantitative estimate of drug-likeness (QED) is 0.306. The summed E-state index contributed by atoms with van der Waals surface area (Å²) in [5.41, 5.74) is 2.22. The molecule has 0 aliphatic rings. The number of aromatic nitrogens is 6. The molecule has 0 fully saturated rings. The molecular formula is C22H21N7O5. The smallest absolute Gasteiger partial charge is 0.340 e. The number of esters is 1. The summed E-state index contributed by atoms with van der Waals surface area (Å²) in [4.78, 5) is 37.8. The molecule has 34 heavy (non-hydrogen) atoms. The largest absolute Gasteiger partial charge is 0.454 e. The van der Waals surface area contributed by atoms with Gasteiger partial charge in [0.05, 0.1) is 11.3 Å². The van der Waals surface area contributed by atoms with Crippen molar-refractivity contribution in [1.29, 1.82) is 0 Å². The lowest BCUT2D eigenvalue weighted by Gasteiger charge is -2.11. The van der Waals surface area contributed by atoms with Crippen molar-refractivity contribution in [2.75, 3.05) is 11.9 Å².